The lowest BCUT2D eigenvalue weighted by molar-refractivity contribution is 0.0950. The fourth-order valence-corrected chi connectivity index (χ4v) is 5.02. The lowest BCUT2D eigenvalue weighted by Gasteiger charge is -2.06. The summed E-state index contributed by atoms with van der Waals surface area (Å²) >= 11 is 8.29. The van der Waals surface area contributed by atoms with Crippen molar-refractivity contribution in [3.05, 3.63) is 54.1 Å². The molecular weight excluding hydrogens is 404 g/mol. The topological polar surface area (TPSA) is 41.1 Å². The highest BCUT2D eigenvalue weighted by Gasteiger charge is 2.14. The van der Waals surface area contributed by atoms with Crippen molar-refractivity contribution in [2.75, 3.05) is 0 Å². The van der Waals surface area contributed by atoms with E-state index in [0.29, 0.717) is 12.1 Å². The van der Waals surface area contributed by atoms with Crippen molar-refractivity contribution in [1.82, 2.24) is 10.6 Å². The van der Waals surface area contributed by atoms with Crippen LogP contribution in [0, 0.1) is 0 Å². The number of carbonyl (C=O) groups excluding carboxylic acids is 1. The molecule has 3 rings (SSSR count). The van der Waals surface area contributed by atoms with Crippen molar-refractivity contribution in [1.29, 1.82) is 0 Å². The molecule has 0 saturated carbocycles. The van der Waals surface area contributed by atoms with Gasteiger partial charge >= 0.3 is 0 Å². The van der Waals surface area contributed by atoms with Crippen molar-refractivity contribution >= 4 is 49.1 Å². The SMILES string of the molecule is O=C(NCc1ccc2c(c1)CNC2)c1cc(Br)sc1Br. The molecule has 0 bridgehead atoms. The molecule has 0 atom stereocenters. The van der Waals surface area contributed by atoms with Gasteiger partial charge in [-0.05, 0) is 54.6 Å². The average Bonchev–Trinajstić information content (AvgIpc) is 3.01. The smallest absolute Gasteiger partial charge is 0.253 e. The van der Waals surface area contributed by atoms with Crippen molar-refractivity contribution in [2.45, 2.75) is 19.6 Å². The third-order valence-electron chi connectivity index (χ3n) is 3.26. The van der Waals surface area contributed by atoms with Gasteiger partial charge in [-0.2, -0.15) is 0 Å². The van der Waals surface area contributed by atoms with Crippen LogP contribution in [0.15, 0.2) is 31.8 Å². The molecule has 20 heavy (non-hydrogen) atoms. The standard InChI is InChI=1S/C14H12Br2N2OS/c15-12-4-11(13(16)20-12)14(19)18-5-8-1-2-9-6-17-7-10(9)3-8/h1-4,17H,5-7H2,(H,18,19). The minimum Gasteiger partial charge on any atom is -0.348 e. The van der Waals surface area contributed by atoms with Crippen LogP contribution in [-0.2, 0) is 19.6 Å². The molecular formula is C14H12Br2N2OS. The number of halogens is 2. The van der Waals surface area contributed by atoms with E-state index in [4.69, 9.17) is 0 Å². The second-order valence-electron chi connectivity index (χ2n) is 4.63. The molecule has 2 heterocycles. The second-order valence-corrected chi connectivity index (χ2v) is 8.38. The Balaban J connectivity index is 1.67. The van der Waals surface area contributed by atoms with Gasteiger partial charge in [-0.3, -0.25) is 4.79 Å². The van der Waals surface area contributed by atoms with E-state index >= 15 is 0 Å². The molecule has 1 aromatic heterocycles. The lowest BCUT2D eigenvalue weighted by Crippen LogP contribution is -2.22. The molecule has 6 heteroatoms. The summed E-state index contributed by atoms with van der Waals surface area (Å²) in [5.41, 5.74) is 4.48. The minimum absolute atomic E-state index is 0.0579. The maximum absolute atomic E-state index is 12.1. The molecule has 2 N–H and O–H groups in total. The molecule has 0 radical (unpaired) electrons. The van der Waals surface area contributed by atoms with Gasteiger partial charge in [-0.15, -0.1) is 11.3 Å². The van der Waals surface area contributed by atoms with E-state index in [2.05, 4.69) is 60.7 Å². The number of hydrogen-bond donors (Lipinski definition) is 2. The zero-order valence-corrected chi connectivity index (χ0v) is 14.5. The first-order valence-corrected chi connectivity index (χ1v) is 8.58. The minimum atomic E-state index is -0.0579. The summed E-state index contributed by atoms with van der Waals surface area (Å²) in [5, 5.41) is 6.28. The van der Waals surface area contributed by atoms with E-state index in [1.54, 1.807) is 0 Å². The number of fused-ring (bicyclic) bond motifs is 1. The Bertz CT molecular complexity index is 669. The molecule has 1 aliphatic heterocycles. The van der Waals surface area contributed by atoms with Gasteiger partial charge in [0, 0.05) is 19.6 Å². The zero-order chi connectivity index (χ0) is 14.1. The Morgan fingerprint density at radius 3 is 2.80 bits per heavy atom. The summed E-state index contributed by atoms with van der Waals surface area (Å²) in [5.74, 6) is -0.0579. The van der Waals surface area contributed by atoms with Gasteiger partial charge in [0.25, 0.3) is 5.91 Å². The Labute approximate surface area is 138 Å². The quantitative estimate of drug-likeness (QED) is 0.800. The molecule has 3 nitrogen and oxygen atoms in total. The Morgan fingerprint density at radius 1 is 1.25 bits per heavy atom. The third kappa shape index (κ3) is 2.98. The normalized spacial score (nSPS) is 13.3. The predicted molar refractivity (Wildman–Crippen MR) is 87.9 cm³/mol. The molecule has 0 spiro atoms. The van der Waals surface area contributed by atoms with Crippen LogP contribution in [0.5, 0.6) is 0 Å². The van der Waals surface area contributed by atoms with Crippen LogP contribution >= 0.6 is 43.2 Å². The molecule has 1 amide bonds. The lowest BCUT2D eigenvalue weighted by atomic mass is 10.1. The number of benzene rings is 1. The van der Waals surface area contributed by atoms with E-state index in [1.807, 2.05) is 6.07 Å². The first-order chi connectivity index (χ1) is 9.63. The average molecular weight is 416 g/mol. The number of nitrogens with one attached hydrogen (secondary N) is 2. The summed E-state index contributed by atoms with van der Waals surface area (Å²) in [6, 6.07) is 8.20. The molecule has 0 saturated heterocycles. The van der Waals surface area contributed by atoms with Gasteiger partial charge in [0.2, 0.25) is 0 Å². The fourth-order valence-electron chi connectivity index (χ4n) is 2.23. The van der Waals surface area contributed by atoms with Crippen molar-refractivity contribution in [3.63, 3.8) is 0 Å². The number of rotatable bonds is 3. The molecule has 1 aromatic carbocycles. The van der Waals surface area contributed by atoms with Crippen LogP contribution in [0.2, 0.25) is 0 Å². The number of amides is 1. The molecule has 0 aliphatic carbocycles. The fraction of sp³-hybridized carbons (Fsp3) is 0.214. The van der Waals surface area contributed by atoms with Crippen LogP contribution < -0.4 is 10.6 Å². The predicted octanol–water partition coefficient (Wildman–Crippen LogP) is 3.81. The zero-order valence-electron chi connectivity index (χ0n) is 10.5. The van der Waals surface area contributed by atoms with E-state index < -0.39 is 0 Å². The monoisotopic (exact) mass is 414 g/mol. The van der Waals surface area contributed by atoms with Crippen LogP contribution in [0.4, 0.5) is 0 Å². The molecule has 104 valence electrons. The van der Waals surface area contributed by atoms with Crippen LogP contribution in [0.3, 0.4) is 0 Å². The maximum atomic E-state index is 12.1. The summed E-state index contributed by atoms with van der Waals surface area (Å²) in [6.45, 7) is 2.41. The van der Waals surface area contributed by atoms with Gasteiger partial charge < -0.3 is 10.6 Å². The van der Waals surface area contributed by atoms with Crippen molar-refractivity contribution in [3.8, 4) is 0 Å². The first kappa shape index (κ1) is 14.3. The maximum Gasteiger partial charge on any atom is 0.253 e. The van der Waals surface area contributed by atoms with Crippen molar-refractivity contribution in [2.24, 2.45) is 0 Å². The Hall–Kier alpha value is -0.690. The Morgan fingerprint density at radius 2 is 2.05 bits per heavy atom. The van der Waals surface area contributed by atoms with Crippen molar-refractivity contribution < 1.29 is 4.79 Å². The van der Waals surface area contributed by atoms with E-state index in [9.17, 15) is 4.79 Å². The summed E-state index contributed by atoms with van der Waals surface area (Å²) < 4.78 is 1.79. The van der Waals surface area contributed by atoms with Crippen LogP contribution in [0.25, 0.3) is 0 Å². The van der Waals surface area contributed by atoms with Gasteiger partial charge in [-0.25, -0.2) is 0 Å². The number of thiophene rings is 1. The Kier molecular flexibility index (Phi) is 4.26. The van der Waals surface area contributed by atoms with E-state index in [0.717, 1.165) is 26.2 Å². The largest absolute Gasteiger partial charge is 0.348 e. The first-order valence-electron chi connectivity index (χ1n) is 6.18. The summed E-state index contributed by atoms with van der Waals surface area (Å²) in [7, 11) is 0. The molecule has 0 fully saturated rings. The van der Waals surface area contributed by atoms with Crippen LogP contribution in [0.1, 0.15) is 27.0 Å². The van der Waals surface area contributed by atoms with Gasteiger partial charge in [0.05, 0.1) is 13.1 Å². The van der Waals surface area contributed by atoms with E-state index in [-0.39, 0.29) is 5.91 Å². The van der Waals surface area contributed by atoms with Crippen LogP contribution in [-0.4, -0.2) is 5.91 Å². The highest BCUT2D eigenvalue weighted by molar-refractivity contribution is 9.12. The molecule has 2 aromatic rings. The number of carbonyl (C=O) groups is 1. The number of hydrogen-bond acceptors (Lipinski definition) is 3. The second kappa shape index (κ2) is 5.97. The van der Waals surface area contributed by atoms with Gasteiger partial charge in [-0.1, -0.05) is 18.2 Å². The highest BCUT2D eigenvalue weighted by atomic mass is 79.9. The summed E-state index contributed by atoms with van der Waals surface area (Å²) in [4.78, 5) is 12.1. The van der Waals surface area contributed by atoms with E-state index in [1.165, 1.54) is 22.5 Å². The third-order valence-corrected chi connectivity index (χ3v) is 5.60. The molecule has 1 aliphatic rings. The highest BCUT2D eigenvalue weighted by Crippen LogP contribution is 2.31. The summed E-state index contributed by atoms with van der Waals surface area (Å²) in [6.07, 6.45) is 0. The molecule has 0 unspecified atom stereocenters. The van der Waals surface area contributed by atoms with Gasteiger partial charge in [0.15, 0.2) is 0 Å². The van der Waals surface area contributed by atoms with Gasteiger partial charge in [0.1, 0.15) is 0 Å².